The molecule has 4 heteroatoms. The minimum absolute atomic E-state index is 0.0283. The number of carbonyl (C=O) groups is 1. The zero-order valence-electron chi connectivity index (χ0n) is 14.4. The number of benzene rings is 3. The Bertz CT molecular complexity index is 919. The van der Waals surface area contributed by atoms with Crippen molar-refractivity contribution in [1.82, 2.24) is 0 Å². The van der Waals surface area contributed by atoms with Crippen LogP contribution in [0.5, 0.6) is 0 Å². The van der Waals surface area contributed by atoms with E-state index in [1.165, 1.54) is 0 Å². The van der Waals surface area contributed by atoms with Gasteiger partial charge in [0.1, 0.15) is 0 Å². The Morgan fingerprint density at radius 2 is 1.44 bits per heavy atom. The van der Waals surface area contributed by atoms with Gasteiger partial charge < -0.3 is 10.0 Å². The van der Waals surface area contributed by atoms with Gasteiger partial charge in [-0.2, -0.15) is 0 Å². The Morgan fingerprint density at radius 3 is 2.16 bits per heavy atom. The van der Waals surface area contributed by atoms with Gasteiger partial charge in [0.05, 0.1) is 5.56 Å². The van der Waals surface area contributed by atoms with Gasteiger partial charge in [-0.1, -0.05) is 60.7 Å². The molecule has 1 heterocycles. The molecule has 122 valence electrons. The van der Waals surface area contributed by atoms with Crippen LogP contribution < -0.4 is 15.5 Å². The molecule has 0 radical (unpaired) electrons. The van der Waals surface area contributed by atoms with Gasteiger partial charge in [-0.05, 0) is 42.6 Å². The Kier molecular flexibility index (Phi) is 3.81. The van der Waals surface area contributed by atoms with Crippen molar-refractivity contribution in [3.63, 3.8) is 0 Å². The molecule has 1 aliphatic rings. The van der Waals surface area contributed by atoms with E-state index in [9.17, 15) is 4.79 Å². The van der Waals surface area contributed by atoms with Gasteiger partial charge in [0.25, 0.3) is 0 Å². The number of rotatable bonds is 2. The van der Waals surface area contributed by atoms with E-state index < -0.39 is 0 Å². The molecule has 1 amide bonds. The number of para-hydroxylation sites is 2. The van der Waals surface area contributed by atoms with Gasteiger partial charge in [0, 0.05) is 11.4 Å². The molecule has 4 rings (SSSR count). The average molecular weight is 326 g/mol. The van der Waals surface area contributed by atoms with Crippen LogP contribution >= 0.6 is 0 Å². The Balaban J connectivity index is 1.93. The summed E-state index contributed by atoms with van der Waals surface area (Å²) in [7, 11) is 0. The third-order valence-electron chi connectivity index (χ3n) is 4.72. The summed E-state index contributed by atoms with van der Waals surface area (Å²) in [5.41, 5.74) is 5.81. The minimum atomic E-state index is -0.233. The predicted octanol–water partition coefficient (Wildman–Crippen LogP) is 3.77. The molecule has 0 saturated carbocycles. The van der Waals surface area contributed by atoms with E-state index in [2.05, 4.69) is 43.3 Å². The summed E-state index contributed by atoms with van der Waals surface area (Å²) in [5.74, 6) is 0.0283. The lowest BCUT2D eigenvalue weighted by atomic mass is 9.63. The molecule has 0 unspecified atom stereocenters. The normalized spacial score (nSPS) is 13.4. The lowest BCUT2D eigenvalue weighted by Gasteiger charge is -2.37. The molecule has 0 bridgehead atoms. The van der Waals surface area contributed by atoms with Crippen LogP contribution in [-0.2, 0) is 0 Å². The van der Waals surface area contributed by atoms with Crippen LogP contribution in [0.3, 0.4) is 0 Å². The van der Waals surface area contributed by atoms with Crippen molar-refractivity contribution in [2.24, 2.45) is 0 Å². The van der Waals surface area contributed by atoms with E-state index in [4.69, 9.17) is 0 Å². The molecule has 0 saturated heterocycles. The molecule has 0 fully saturated rings. The molecule has 0 aliphatic carbocycles. The van der Waals surface area contributed by atoms with Crippen LogP contribution in [0.15, 0.2) is 72.8 Å². The van der Waals surface area contributed by atoms with E-state index in [0.717, 1.165) is 28.0 Å². The van der Waals surface area contributed by atoms with E-state index >= 15 is 0 Å². The molecule has 0 atom stereocenters. The minimum Gasteiger partial charge on any atom is -0.404 e. The van der Waals surface area contributed by atoms with Crippen molar-refractivity contribution in [2.45, 2.75) is 13.8 Å². The maximum Gasteiger partial charge on any atom is 0.415 e. The van der Waals surface area contributed by atoms with Crippen LogP contribution in [0, 0.1) is 13.8 Å². The first kappa shape index (κ1) is 15.5. The number of aryl methyl sites for hydroxylation is 2. The fourth-order valence-corrected chi connectivity index (χ4v) is 3.54. The van der Waals surface area contributed by atoms with Gasteiger partial charge >= 0.3 is 6.98 Å². The Hall–Kier alpha value is -3.01. The first-order chi connectivity index (χ1) is 12.2. The van der Waals surface area contributed by atoms with Crippen molar-refractivity contribution >= 4 is 29.7 Å². The monoisotopic (exact) mass is 326 g/mol. The number of nitrogens with zero attached hydrogens (tertiary/aromatic N) is 1. The van der Waals surface area contributed by atoms with Crippen molar-refractivity contribution in [3.05, 3.63) is 89.5 Å². The summed E-state index contributed by atoms with van der Waals surface area (Å²) >= 11 is 0. The molecule has 3 nitrogen and oxygen atoms in total. The quantitative estimate of drug-likeness (QED) is 0.727. The number of fused-ring (bicyclic) bond motifs is 1. The second-order valence-electron chi connectivity index (χ2n) is 6.42. The van der Waals surface area contributed by atoms with Crippen LogP contribution in [0.1, 0.15) is 21.5 Å². The third-order valence-corrected chi connectivity index (χ3v) is 4.72. The van der Waals surface area contributed by atoms with Crippen LogP contribution in [-0.4, -0.2) is 12.9 Å². The predicted molar refractivity (Wildman–Crippen MR) is 105 cm³/mol. The lowest BCUT2D eigenvalue weighted by molar-refractivity contribution is 0.100. The summed E-state index contributed by atoms with van der Waals surface area (Å²) < 4.78 is 0. The molecule has 0 spiro atoms. The van der Waals surface area contributed by atoms with Crippen LogP contribution in [0.4, 0.5) is 11.4 Å². The second-order valence-corrected chi connectivity index (χ2v) is 6.42. The fourth-order valence-electron chi connectivity index (χ4n) is 3.54. The molecule has 0 aromatic heterocycles. The molecule has 1 aliphatic heterocycles. The highest BCUT2D eigenvalue weighted by atomic mass is 16.2. The number of anilines is 2. The standard InChI is InChI=1S/C21H19BN2O/c1-15-9-8-10-16(2)20(15)24-21(25)18-13-6-7-14-19(18)23-22(24)17-11-4-3-5-12-17/h3-14,23H,1-2H3. The molecular weight excluding hydrogens is 307 g/mol. The van der Waals surface area contributed by atoms with Gasteiger partial charge in [-0.25, -0.2) is 0 Å². The zero-order valence-corrected chi connectivity index (χ0v) is 14.4. The van der Waals surface area contributed by atoms with E-state index in [1.807, 2.05) is 53.3 Å². The maximum atomic E-state index is 13.4. The van der Waals surface area contributed by atoms with E-state index in [1.54, 1.807) is 0 Å². The molecule has 3 aromatic rings. The highest BCUT2D eigenvalue weighted by Gasteiger charge is 2.39. The van der Waals surface area contributed by atoms with Crippen molar-refractivity contribution in [3.8, 4) is 0 Å². The zero-order chi connectivity index (χ0) is 17.4. The van der Waals surface area contributed by atoms with Gasteiger partial charge in [-0.15, -0.1) is 0 Å². The largest absolute Gasteiger partial charge is 0.415 e. The first-order valence-electron chi connectivity index (χ1n) is 8.47. The lowest BCUT2D eigenvalue weighted by Crippen LogP contribution is -2.60. The average Bonchev–Trinajstić information content (AvgIpc) is 2.64. The highest BCUT2D eigenvalue weighted by Crippen LogP contribution is 2.32. The van der Waals surface area contributed by atoms with Crippen molar-refractivity contribution < 1.29 is 4.79 Å². The number of nitrogens with one attached hydrogen (secondary N) is 1. The summed E-state index contributed by atoms with van der Waals surface area (Å²) in [5, 5.41) is 3.55. The SMILES string of the molecule is Cc1cccc(C)c1N1B(c2ccccc2)Nc2ccccc2C1=O. The summed E-state index contributed by atoms with van der Waals surface area (Å²) in [4.78, 5) is 15.3. The highest BCUT2D eigenvalue weighted by molar-refractivity contribution is 6.84. The molecule has 1 N–H and O–H groups in total. The Labute approximate surface area is 148 Å². The summed E-state index contributed by atoms with van der Waals surface area (Å²) in [6.07, 6.45) is 0. The molecular formula is C21H19BN2O. The van der Waals surface area contributed by atoms with Gasteiger partial charge in [0.2, 0.25) is 5.91 Å². The topological polar surface area (TPSA) is 32.3 Å². The number of hydrogen-bond donors (Lipinski definition) is 1. The second kappa shape index (κ2) is 6.13. The number of carbonyl (C=O) groups excluding carboxylic acids is 1. The Morgan fingerprint density at radius 1 is 0.800 bits per heavy atom. The van der Waals surface area contributed by atoms with Crippen molar-refractivity contribution in [2.75, 3.05) is 10.0 Å². The van der Waals surface area contributed by atoms with Gasteiger partial charge in [0.15, 0.2) is 0 Å². The van der Waals surface area contributed by atoms with E-state index in [-0.39, 0.29) is 12.9 Å². The number of hydrogen-bond acceptors (Lipinski definition) is 2. The van der Waals surface area contributed by atoms with Gasteiger partial charge in [-0.3, -0.25) is 4.79 Å². The van der Waals surface area contributed by atoms with Crippen molar-refractivity contribution in [1.29, 1.82) is 0 Å². The maximum absolute atomic E-state index is 13.4. The molecule has 25 heavy (non-hydrogen) atoms. The smallest absolute Gasteiger partial charge is 0.404 e. The summed E-state index contributed by atoms with van der Waals surface area (Å²) in [6.45, 7) is 3.87. The number of amides is 1. The van der Waals surface area contributed by atoms with E-state index in [0.29, 0.717) is 5.56 Å². The first-order valence-corrected chi connectivity index (χ1v) is 8.47. The molecule has 3 aromatic carbocycles. The third kappa shape index (κ3) is 2.60. The van der Waals surface area contributed by atoms with Crippen LogP contribution in [0.25, 0.3) is 0 Å². The fraction of sp³-hybridized carbons (Fsp3) is 0.0952. The summed E-state index contributed by atoms with van der Waals surface area (Å²) in [6, 6.07) is 24.0. The van der Waals surface area contributed by atoms with Crippen LogP contribution in [0.2, 0.25) is 0 Å².